The number of halogens is 2. The maximum atomic E-state index is 12.5. The lowest BCUT2D eigenvalue weighted by Crippen LogP contribution is -2.52. The number of aryl methyl sites for hydroxylation is 1. The molecule has 1 aromatic heterocycles. The first kappa shape index (κ1) is 20.2. The molecule has 28 heavy (non-hydrogen) atoms. The lowest BCUT2D eigenvalue weighted by atomic mass is 10.2. The Hall–Kier alpha value is -2.52. The maximum Gasteiger partial charge on any atom is 0.387 e. The summed E-state index contributed by atoms with van der Waals surface area (Å²) in [5.41, 5.74) is 1.45. The number of hydrogen-bond acceptors (Lipinski definition) is 6. The Morgan fingerprint density at radius 3 is 2.50 bits per heavy atom. The predicted molar refractivity (Wildman–Crippen MR) is 99.3 cm³/mol. The number of rotatable bonds is 7. The van der Waals surface area contributed by atoms with Gasteiger partial charge in [-0.25, -0.2) is 0 Å². The van der Waals surface area contributed by atoms with E-state index in [0.29, 0.717) is 5.69 Å². The molecule has 1 aliphatic rings. The van der Waals surface area contributed by atoms with Crippen molar-refractivity contribution in [2.45, 2.75) is 33.0 Å². The van der Waals surface area contributed by atoms with E-state index in [4.69, 9.17) is 4.52 Å². The molecule has 1 unspecified atom stereocenters. The normalized spacial score (nSPS) is 16.9. The summed E-state index contributed by atoms with van der Waals surface area (Å²) < 4.78 is 33.8. The molecule has 1 aliphatic heterocycles. The van der Waals surface area contributed by atoms with Crippen LogP contribution in [0.15, 0.2) is 34.9 Å². The Morgan fingerprint density at radius 1 is 1.25 bits per heavy atom. The summed E-state index contributed by atoms with van der Waals surface area (Å²) in [6.07, 6.45) is 0. The molecule has 0 aliphatic carbocycles. The second kappa shape index (κ2) is 9.11. The molecular formula is C19H24F2N4O3. The van der Waals surface area contributed by atoms with E-state index in [1.165, 1.54) is 12.1 Å². The topological polar surface area (TPSA) is 70.8 Å². The number of amides is 1. The van der Waals surface area contributed by atoms with Crippen molar-refractivity contribution in [3.63, 3.8) is 0 Å². The highest BCUT2D eigenvalue weighted by Crippen LogP contribution is 2.18. The second-order valence-electron chi connectivity index (χ2n) is 6.81. The summed E-state index contributed by atoms with van der Waals surface area (Å²) in [5.74, 6) is 0.718. The molecule has 1 saturated heterocycles. The van der Waals surface area contributed by atoms with Gasteiger partial charge < -0.3 is 14.6 Å². The molecular weight excluding hydrogens is 370 g/mol. The summed E-state index contributed by atoms with van der Waals surface area (Å²) in [6, 6.07) is 7.52. The van der Waals surface area contributed by atoms with E-state index >= 15 is 0 Å². The summed E-state index contributed by atoms with van der Waals surface area (Å²) in [7, 11) is 0. The van der Waals surface area contributed by atoms with Gasteiger partial charge in [-0.15, -0.1) is 0 Å². The number of benzene rings is 1. The van der Waals surface area contributed by atoms with Crippen LogP contribution in [0.4, 0.5) is 14.5 Å². The number of aromatic nitrogens is 1. The molecule has 1 amide bonds. The zero-order valence-corrected chi connectivity index (χ0v) is 15.9. The molecule has 1 N–H and O–H groups in total. The third-order valence-corrected chi connectivity index (χ3v) is 4.74. The molecule has 0 bridgehead atoms. The van der Waals surface area contributed by atoms with Crippen LogP contribution in [0.5, 0.6) is 5.75 Å². The van der Waals surface area contributed by atoms with Crippen LogP contribution in [0, 0.1) is 6.92 Å². The summed E-state index contributed by atoms with van der Waals surface area (Å²) in [6.45, 7) is 4.81. The fraction of sp³-hybridized carbons (Fsp3) is 0.474. The molecule has 9 heteroatoms. The minimum Gasteiger partial charge on any atom is -0.435 e. The van der Waals surface area contributed by atoms with Crippen LogP contribution in [-0.2, 0) is 11.3 Å². The van der Waals surface area contributed by atoms with Crippen molar-refractivity contribution in [3.8, 4) is 5.75 Å². The van der Waals surface area contributed by atoms with Crippen molar-refractivity contribution in [1.82, 2.24) is 15.0 Å². The van der Waals surface area contributed by atoms with Gasteiger partial charge in [-0.3, -0.25) is 14.6 Å². The van der Waals surface area contributed by atoms with Crippen LogP contribution >= 0.6 is 0 Å². The van der Waals surface area contributed by atoms with Gasteiger partial charge in [0.1, 0.15) is 11.5 Å². The molecule has 0 radical (unpaired) electrons. The SMILES string of the molecule is Cc1cc(CN2CCN(C(C)C(=O)Nc3ccc(OC(F)F)cc3)CC2)no1. The Morgan fingerprint density at radius 2 is 1.93 bits per heavy atom. The average molecular weight is 394 g/mol. The van der Waals surface area contributed by atoms with Gasteiger partial charge in [0.25, 0.3) is 0 Å². The molecule has 1 fully saturated rings. The third kappa shape index (κ3) is 5.49. The zero-order valence-electron chi connectivity index (χ0n) is 15.9. The van der Waals surface area contributed by atoms with Gasteiger partial charge >= 0.3 is 6.61 Å². The number of alkyl halides is 2. The molecule has 1 atom stereocenters. The number of carbonyl (C=O) groups excluding carboxylic acids is 1. The van der Waals surface area contributed by atoms with Crippen LogP contribution in [0.1, 0.15) is 18.4 Å². The molecule has 0 spiro atoms. The Bertz CT molecular complexity index is 774. The largest absolute Gasteiger partial charge is 0.435 e. The standard InChI is InChI=1S/C19H24F2N4O3/c1-13-11-16(23-28-13)12-24-7-9-25(10-8-24)14(2)18(26)22-15-3-5-17(6-4-15)27-19(20)21/h3-6,11,14,19H,7-10,12H2,1-2H3,(H,22,26). The van der Waals surface area contributed by atoms with Crippen LogP contribution in [-0.4, -0.2) is 59.7 Å². The molecule has 7 nitrogen and oxygen atoms in total. The summed E-state index contributed by atoms with van der Waals surface area (Å²) in [4.78, 5) is 16.9. The highest BCUT2D eigenvalue weighted by Gasteiger charge is 2.26. The van der Waals surface area contributed by atoms with Crippen molar-refractivity contribution in [2.75, 3.05) is 31.5 Å². The first-order valence-corrected chi connectivity index (χ1v) is 9.15. The fourth-order valence-electron chi connectivity index (χ4n) is 3.16. The minimum absolute atomic E-state index is 0.0551. The minimum atomic E-state index is -2.87. The highest BCUT2D eigenvalue weighted by molar-refractivity contribution is 5.94. The van der Waals surface area contributed by atoms with E-state index in [2.05, 4.69) is 25.0 Å². The van der Waals surface area contributed by atoms with Gasteiger partial charge in [-0.1, -0.05) is 5.16 Å². The summed E-state index contributed by atoms with van der Waals surface area (Å²) >= 11 is 0. The maximum absolute atomic E-state index is 12.5. The quantitative estimate of drug-likeness (QED) is 0.779. The Kier molecular flexibility index (Phi) is 6.58. The molecule has 3 rings (SSSR count). The fourth-order valence-corrected chi connectivity index (χ4v) is 3.16. The number of anilines is 1. The molecule has 2 heterocycles. The van der Waals surface area contributed by atoms with Crippen molar-refractivity contribution in [2.24, 2.45) is 0 Å². The molecule has 1 aromatic carbocycles. The smallest absolute Gasteiger partial charge is 0.387 e. The Labute approximate surface area is 162 Å². The zero-order chi connectivity index (χ0) is 20.1. The van der Waals surface area contributed by atoms with Gasteiger partial charge in [0.2, 0.25) is 5.91 Å². The third-order valence-electron chi connectivity index (χ3n) is 4.74. The van der Waals surface area contributed by atoms with Crippen molar-refractivity contribution in [3.05, 3.63) is 41.8 Å². The highest BCUT2D eigenvalue weighted by atomic mass is 19.3. The molecule has 2 aromatic rings. The second-order valence-corrected chi connectivity index (χ2v) is 6.81. The molecule has 0 saturated carbocycles. The van der Waals surface area contributed by atoms with Gasteiger partial charge in [-0.05, 0) is 38.1 Å². The monoisotopic (exact) mass is 394 g/mol. The van der Waals surface area contributed by atoms with E-state index in [1.807, 2.05) is 19.9 Å². The van der Waals surface area contributed by atoms with Gasteiger partial charge in [-0.2, -0.15) is 8.78 Å². The first-order valence-electron chi connectivity index (χ1n) is 9.15. The van der Waals surface area contributed by atoms with Crippen LogP contribution in [0.25, 0.3) is 0 Å². The van der Waals surface area contributed by atoms with Crippen LogP contribution in [0.2, 0.25) is 0 Å². The number of piperazine rings is 1. The average Bonchev–Trinajstić information content (AvgIpc) is 3.07. The van der Waals surface area contributed by atoms with E-state index < -0.39 is 6.61 Å². The number of carbonyl (C=O) groups is 1. The predicted octanol–water partition coefficient (Wildman–Crippen LogP) is 2.73. The molecule has 152 valence electrons. The van der Waals surface area contributed by atoms with Gasteiger partial charge in [0.15, 0.2) is 0 Å². The Balaban J connectivity index is 1.46. The van der Waals surface area contributed by atoms with Gasteiger partial charge in [0.05, 0.1) is 11.7 Å². The van der Waals surface area contributed by atoms with E-state index in [-0.39, 0.29) is 17.7 Å². The number of nitrogens with one attached hydrogen (secondary N) is 1. The van der Waals surface area contributed by atoms with Crippen molar-refractivity contribution in [1.29, 1.82) is 0 Å². The van der Waals surface area contributed by atoms with Gasteiger partial charge in [0, 0.05) is 44.5 Å². The first-order chi connectivity index (χ1) is 13.4. The van der Waals surface area contributed by atoms with Crippen molar-refractivity contribution >= 4 is 11.6 Å². The van der Waals surface area contributed by atoms with E-state index in [9.17, 15) is 13.6 Å². The lowest BCUT2D eigenvalue weighted by molar-refractivity contribution is -0.121. The number of nitrogens with zero attached hydrogens (tertiary/aromatic N) is 3. The summed E-state index contributed by atoms with van der Waals surface area (Å²) in [5, 5.41) is 6.83. The van der Waals surface area contributed by atoms with Crippen molar-refractivity contribution < 1.29 is 22.8 Å². The number of hydrogen-bond donors (Lipinski definition) is 1. The lowest BCUT2D eigenvalue weighted by Gasteiger charge is -2.37. The van der Waals surface area contributed by atoms with E-state index in [0.717, 1.165) is 44.2 Å². The number of ether oxygens (including phenoxy) is 1. The van der Waals surface area contributed by atoms with Crippen LogP contribution < -0.4 is 10.1 Å². The van der Waals surface area contributed by atoms with E-state index in [1.54, 1.807) is 12.1 Å². The van der Waals surface area contributed by atoms with Crippen LogP contribution in [0.3, 0.4) is 0 Å².